The van der Waals surface area contributed by atoms with Gasteiger partial charge in [-0.2, -0.15) is 0 Å². The Morgan fingerprint density at radius 1 is 1.44 bits per heavy atom. The SMILES string of the molecule is COc1c(Cl)ncnc1N1CC2CCC1C2. The number of fused-ring (bicyclic) bond motifs is 2. The maximum absolute atomic E-state index is 6.01. The first-order valence-corrected chi connectivity index (χ1v) is 5.98. The quantitative estimate of drug-likeness (QED) is 0.741. The molecule has 1 aromatic heterocycles. The minimum atomic E-state index is 0.398. The van der Waals surface area contributed by atoms with Gasteiger partial charge in [-0.3, -0.25) is 0 Å². The van der Waals surface area contributed by atoms with Crippen molar-refractivity contribution in [2.75, 3.05) is 18.6 Å². The number of piperidine rings is 1. The standard InChI is InChI=1S/C11H14ClN3O/c1-16-9-10(12)13-6-14-11(9)15-5-7-2-3-8(15)4-7/h6-8H,2-5H2,1H3. The van der Waals surface area contributed by atoms with Gasteiger partial charge in [0, 0.05) is 12.6 Å². The Bertz CT molecular complexity index is 412. The number of hydrogen-bond donors (Lipinski definition) is 0. The van der Waals surface area contributed by atoms with Gasteiger partial charge in [-0.25, -0.2) is 9.97 Å². The molecule has 1 aliphatic carbocycles. The highest BCUT2D eigenvalue weighted by Crippen LogP contribution is 2.43. The van der Waals surface area contributed by atoms with E-state index in [9.17, 15) is 0 Å². The second-order valence-corrected chi connectivity index (χ2v) is 4.86. The van der Waals surface area contributed by atoms with E-state index in [4.69, 9.17) is 16.3 Å². The van der Waals surface area contributed by atoms with E-state index in [0.717, 1.165) is 18.3 Å². The highest BCUT2D eigenvalue weighted by molar-refractivity contribution is 6.31. The third-order valence-electron chi connectivity index (χ3n) is 3.63. The van der Waals surface area contributed by atoms with Crippen molar-refractivity contribution in [2.24, 2.45) is 5.92 Å². The molecule has 2 fully saturated rings. The van der Waals surface area contributed by atoms with Crippen LogP contribution >= 0.6 is 11.6 Å². The van der Waals surface area contributed by atoms with Gasteiger partial charge in [0.05, 0.1) is 7.11 Å². The van der Waals surface area contributed by atoms with E-state index in [-0.39, 0.29) is 0 Å². The third-order valence-corrected chi connectivity index (χ3v) is 3.90. The monoisotopic (exact) mass is 239 g/mol. The smallest absolute Gasteiger partial charge is 0.199 e. The predicted octanol–water partition coefficient (Wildman–Crippen LogP) is 2.13. The van der Waals surface area contributed by atoms with Gasteiger partial charge in [0.2, 0.25) is 0 Å². The molecule has 1 aromatic rings. The highest BCUT2D eigenvalue weighted by atomic mass is 35.5. The molecule has 2 unspecified atom stereocenters. The third kappa shape index (κ3) is 1.44. The Labute approximate surface area is 99.6 Å². The maximum Gasteiger partial charge on any atom is 0.199 e. The number of nitrogens with zero attached hydrogens (tertiary/aromatic N) is 3. The molecule has 3 rings (SSSR count). The Hall–Kier alpha value is -1.03. The van der Waals surface area contributed by atoms with Crippen LogP contribution in [0.25, 0.3) is 0 Å². The van der Waals surface area contributed by atoms with Crippen molar-refractivity contribution < 1.29 is 4.74 Å². The zero-order valence-corrected chi connectivity index (χ0v) is 9.94. The van der Waals surface area contributed by atoms with Gasteiger partial charge in [-0.1, -0.05) is 11.6 Å². The summed E-state index contributed by atoms with van der Waals surface area (Å²) in [5.41, 5.74) is 0. The molecule has 86 valence electrons. The number of anilines is 1. The van der Waals surface area contributed by atoms with Crippen LogP contribution in [0.15, 0.2) is 6.33 Å². The highest BCUT2D eigenvalue weighted by Gasteiger charge is 2.39. The Balaban J connectivity index is 1.97. The van der Waals surface area contributed by atoms with Crippen LogP contribution in [-0.4, -0.2) is 29.7 Å². The molecule has 2 aliphatic rings. The average molecular weight is 240 g/mol. The summed E-state index contributed by atoms with van der Waals surface area (Å²) in [6, 6.07) is 0.616. The van der Waals surface area contributed by atoms with Crippen LogP contribution < -0.4 is 9.64 Å². The molecule has 0 aromatic carbocycles. The molecule has 16 heavy (non-hydrogen) atoms. The summed E-state index contributed by atoms with van der Waals surface area (Å²) < 4.78 is 5.30. The van der Waals surface area contributed by atoms with Crippen molar-refractivity contribution in [1.82, 2.24) is 9.97 Å². The molecule has 1 saturated carbocycles. The number of aromatic nitrogens is 2. The lowest BCUT2D eigenvalue weighted by molar-refractivity contribution is 0.408. The van der Waals surface area contributed by atoms with E-state index in [0.29, 0.717) is 16.9 Å². The molecule has 0 spiro atoms. The lowest BCUT2D eigenvalue weighted by atomic mass is 10.1. The number of hydrogen-bond acceptors (Lipinski definition) is 4. The van der Waals surface area contributed by atoms with Gasteiger partial charge in [-0.05, 0) is 25.2 Å². The normalized spacial score (nSPS) is 27.5. The second-order valence-electron chi connectivity index (χ2n) is 4.51. The van der Waals surface area contributed by atoms with Gasteiger partial charge in [0.1, 0.15) is 6.33 Å². The Morgan fingerprint density at radius 2 is 2.31 bits per heavy atom. The molecule has 1 saturated heterocycles. The predicted molar refractivity (Wildman–Crippen MR) is 62.1 cm³/mol. The molecule has 0 amide bonds. The van der Waals surface area contributed by atoms with Crippen LogP contribution in [0, 0.1) is 5.92 Å². The lowest BCUT2D eigenvalue weighted by Crippen LogP contribution is -2.33. The van der Waals surface area contributed by atoms with Gasteiger partial charge in [0.25, 0.3) is 0 Å². The van der Waals surface area contributed by atoms with E-state index < -0.39 is 0 Å². The zero-order valence-electron chi connectivity index (χ0n) is 9.19. The molecule has 1 aliphatic heterocycles. The lowest BCUT2D eigenvalue weighted by Gasteiger charge is -2.29. The largest absolute Gasteiger partial charge is 0.490 e. The van der Waals surface area contributed by atoms with Gasteiger partial charge >= 0.3 is 0 Å². The van der Waals surface area contributed by atoms with Crippen molar-refractivity contribution >= 4 is 17.4 Å². The number of rotatable bonds is 2. The molecule has 0 N–H and O–H groups in total. The second kappa shape index (κ2) is 3.77. The molecular weight excluding hydrogens is 226 g/mol. The molecule has 2 heterocycles. The van der Waals surface area contributed by atoms with E-state index in [1.54, 1.807) is 7.11 Å². The van der Waals surface area contributed by atoms with Crippen molar-refractivity contribution in [3.8, 4) is 5.75 Å². The average Bonchev–Trinajstić information content (AvgIpc) is 2.90. The minimum Gasteiger partial charge on any atom is -0.490 e. The van der Waals surface area contributed by atoms with Crippen molar-refractivity contribution in [3.05, 3.63) is 11.5 Å². The van der Waals surface area contributed by atoms with E-state index in [1.165, 1.54) is 25.6 Å². The summed E-state index contributed by atoms with van der Waals surface area (Å²) in [4.78, 5) is 10.6. The summed E-state index contributed by atoms with van der Waals surface area (Å²) in [6.07, 6.45) is 5.40. The van der Waals surface area contributed by atoms with Gasteiger partial charge in [-0.15, -0.1) is 0 Å². The van der Waals surface area contributed by atoms with E-state index in [1.807, 2.05) is 0 Å². The first kappa shape index (κ1) is 10.1. The van der Waals surface area contributed by atoms with Crippen molar-refractivity contribution in [2.45, 2.75) is 25.3 Å². The molecule has 4 nitrogen and oxygen atoms in total. The van der Waals surface area contributed by atoms with Gasteiger partial charge in [0.15, 0.2) is 16.7 Å². The van der Waals surface area contributed by atoms with Crippen molar-refractivity contribution in [3.63, 3.8) is 0 Å². The first-order valence-electron chi connectivity index (χ1n) is 5.60. The van der Waals surface area contributed by atoms with Crippen LogP contribution in [0.5, 0.6) is 5.75 Å². The number of methoxy groups -OCH3 is 1. The van der Waals surface area contributed by atoms with E-state index in [2.05, 4.69) is 14.9 Å². The molecule has 2 atom stereocenters. The fourth-order valence-corrected chi connectivity index (χ4v) is 3.11. The van der Waals surface area contributed by atoms with Crippen molar-refractivity contribution in [1.29, 1.82) is 0 Å². The number of ether oxygens (including phenoxy) is 1. The van der Waals surface area contributed by atoms with Crippen LogP contribution in [0.2, 0.25) is 5.15 Å². The minimum absolute atomic E-state index is 0.398. The maximum atomic E-state index is 6.01. The fourth-order valence-electron chi connectivity index (χ4n) is 2.91. The van der Waals surface area contributed by atoms with Crippen LogP contribution in [0.4, 0.5) is 5.82 Å². The topological polar surface area (TPSA) is 38.3 Å². The van der Waals surface area contributed by atoms with Crippen LogP contribution in [-0.2, 0) is 0 Å². The summed E-state index contributed by atoms with van der Waals surface area (Å²) in [7, 11) is 1.61. The molecule has 0 radical (unpaired) electrons. The summed E-state index contributed by atoms with van der Waals surface area (Å²) in [5, 5.41) is 0.398. The number of halogens is 1. The Morgan fingerprint density at radius 3 is 2.94 bits per heavy atom. The van der Waals surface area contributed by atoms with E-state index >= 15 is 0 Å². The molecular formula is C11H14ClN3O. The molecule has 5 heteroatoms. The summed E-state index contributed by atoms with van der Waals surface area (Å²) >= 11 is 6.01. The zero-order chi connectivity index (χ0) is 11.1. The van der Waals surface area contributed by atoms with Crippen LogP contribution in [0.3, 0.4) is 0 Å². The van der Waals surface area contributed by atoms with Gasteiger partial charge < -0.3 is 9.64 Å². The first-order chi connectivity index (χ1) is 7.79. The summed E-state index contributed by atoms with van der Waals surface area (Å²) in [6.45, 7) is 1.08. The fraction of sp³-hybridized carbons (Fsp3) is 0.636. The molecule has 2 bridgehead atoms. The Kier molecular flexibility index (Phi) is 2.39. The van der Waals surface area contributed by atoms with Crippen LogP contribution in [0.1, 0.15) is 19.3 Å². The summed E-state index contributed by atoms with van der Waals surface area (Å²) in [5.74, 6) is 2.29.